The maximum Gasteiger partial charge on any atom is 0.354 e. The van der Waals surface area contributed by atoms with Crippen LogP contribution in [0.4, 0.5) is 0 Å². The monoisotopic (exact) mass is 325 g/mol. The zero-order valence-electron chi connectivity index (χ0n) is 11.8. The van der Waals surface area contributed by atoms with E-state index >= 15 is 0 Å². The normalized spacial score (nSPS) is 10.8. The largest absolute Gasteiger partial charge is 0.477 e. The third-order valence-electron chi connectivity index (χ3n) is 3.02. The van der Waals surface area contributed by atoms with Crippen molar-refractivity contribution in [2.24, 2.45) is 0 Å². The molecule has 0 saturated heterocycles. The zero-order valence-corrected chi connectivity index (χ0v) is 13.4. The van der Waals surface area contributed by atoms with E-state index in [4.69, 9.17) is 16.7 Å². The van der Waals surface area contributed by atoms with E-state index in [0.29, 0.717) is 10.8 Å². The van der Waals surface area contributed by atoms with Crippen molar-refractivity contribution in [2.45, 2.75) is 37.5 Å². The molecule has 0 aliphatic heterocycles. The summed E-state index contributed by atoms with van der Waals surface area (Å²) >= 11 is 7.88. The minimum absolute atomic E-state index is 0.0457. The van der Waals surface area contributed by atoms with Gasteiger partial charge in [-0.2, -0.15) is 5.10 Å². The maximum absolute atomic E-state index is 10.9. The van der Waals surface area contributed by atoms with Gasteiger partial charge in [0.05, 0.1) is 16.4 Å². The molecule has 2 aromatic heterocycles. The van der Waals surface area contributed by atoms with E-state index in [1.807, 2.05) is 18.5 Å². The molecule has 0 saturated carbocycles. The molecular formula is C14H16ClN3O2S. The second-order valence-electron chi connectivity index (χ2n) is 4.35. The first-order valence-corrected chi connectivity index (χ1v) is 7.99. The summed E-state index contributed by atoms with van der Waals surface area (Å²) in [7, 11) is 0. The maximum atomic E-state index is 10.9. The fourth-order valence-electron chi connectivity index (χ4n) is 1.92. The average Bonchev–Trinajstić information content (AvgIpc) is 2.81. The highest BCUT2D eigenvalue weighted by molar-refractivity contribution is 7.98. The van der Waals surface area contributed by atoms with E-state index in [0.717, 1.165) is 29.2 Å². The third kappa shape index (κ3) is 3.57. The summed E-state index contributed by atoms with van der Waals surface area (Å²) in [5.74, 6) is -0.384. The SMILES string of the molecule is CCc1nn(CC)c(CSc2ccnc(C(=O)O)c2)c1Cl. The molecule has 21 heavy (non-hydrogen) atoms. The van der Waals surface area contributed by atoms with Gasteiger partial charge in [-0.3, -0.25) is 4.68 Å². The van der Waals surface area contributed by atoms with E-state index in [9.17, 15) is 4.79 Å². The standard InChI is InChI=1S/C14H16ClN3O2S/c1-3-10-13(15)12(18(4-2)17-10)8-21-9-5-6-16-11(7-9)14(19)20/h5-7H,3-4,8H2,1-2H3,(H,19,20). The van der Waals surface area contributed by atoms with E-state index in [2.05, 4.69) is 10.1 Å². The smallest absolute Gasteiger partial charge is 0.354 e. The Labute approximate surface area is 132 Å². The first-order chi connectivity index (χ1) is 10.1. The molecule has 0 radical (unpaired) electrons. The number of hydrogen-bond donors (Lipinski definition) is 1. The van der Waals surface area contributed by atoms with E-state index < -0.39 is 5.97 Å². The van der Waals surface area contributed by atoms with Gasteiger partial charge in [-0.1, -0.05) is 18.5 Å². The van der Waals surface area contributed by atoms with Gasteiger partial charge in [0.15, 0.2) is 0 Å². The predicted octanol–water partition coefficient (Wildman–Crippen LogP) is 3.50. The van der Waals surface area contributed by atoms with Crippen LogP contribution in [0, 0.1) is 0 Å². The van der Waals surface area contributed by atoms with Crippen molar-refractivity contribution in [2.75, 3.05) is 0 Å². The van der Waals surface area contributed by atoms with Gasteiger partial charge in [0.2, 0.25) is 0 Å². The molecule has 112 valence electrons. The third-order valence-corrected chi connectivity index (χ3v) is 4.46. The zero-order chi connectivity index (χ0) is 15.4. The summed E-state index contributed by atoms with van der Waals surface area (Å²) in [4.78, 5) is 15.6. The Bertz CT molecular complexity index is 658. The van der Waals surface area contributed by atoms with Crippen molar-refractivity contribution in [3.63, 3.8) is 0 Å². The van der Waals surface area contributed by atoms with Crippen LogP contribution < -0.4 is 0 Å². The second kappa shape index (κ2) is 6.95. The number of pyridine rings is 1. The van der Waals surface area contributed by atoms with Crippen molar-refractivity contribution >= 4 is 29.3 Å². The number of aryl methyl sites for hydroxylation is 2. The van der Waals surface area contributed by atoms with E-state index in [-0.39, 0.29) is 5.69 Å². The van der Waals surface area contributed by atoms with Crippen molar-refractivity contribution < 1.29 is 9.90 Å². The number of aromatic carboxylic acids is 1. The highest BCUT2D eigenvalue weighted by atomic mass is 35.5. The highest BCUT2D eigenvalue weighted by Gasteiger charge is 2.14. The lowest BCUT2D eigenvalue weighted by Gasteiger charge is -2.05. The summed E-state index contributed by atoms with van der Waals surface area (Å²) in [6.07, 6.45) is 2.30. The fourth-order valence-corrected chi connectivity index (χ4v) is 3.29. The van der Waals surface area contributed by atoms with Crippen LogP contribution in [-0.2, 0) is 18.7 Å². The summed E-state index contributed by atoms with van der Waals surface area (Å²) in [5, 5.41) is 14.1. The Kier molecular flexibility index (Phi) is 5.25. The molecular weight excluding hydrogens is 310 g/mol. The molecule has 7 heteroatoms. The van der Waals surface area contributed by atoms with Gasteiger partial charge in [0, 0.05) is 23.4 Å². The number of rotatable bonds is 6. The van der Waals surface area contributed by atoms with Gasteiger partial charge >= 0.3 is 5.97 Å². The second-order valence-corrected chi connectivity index (χ2v) is 5.77. The number of halogens is 1. The van der Waals surface area contributed by atoms with Gasteiger partial charge < -0.3 is 5.11 Å². The van der Waals surface area contributed by atoms with Crippen LogP contribution in [0.25, 0.3) is 0 Å². The number of nitrogens with zero attached hydrogens (tertiary/aromatic N) is 3. The molecule has 1 N–H and O–H groups in total. The molecule has 0 unspecified atom stereocenters. The van der Waals surface area contributed by atoms with Crippen molar-refractivity contribution in [3.8, 4) is 0 Å². The number of carboxylic acids is 1. The van der Waals surface area contributed by atoms with Crippen LogP contribution in [0.3, 0.4) is 0 Å². The molecule has 0 aromatic carbocycles. The molecule has 0 atom stereocenters. The minimum atomic E-state index is -1.03. The summed E-state index contributed by atoms with van der Waals surface area (Å²) in [5.41, 5.74) is 1.91. The molecule has 2 heterocycles. The molecule has 5 nitrogen and oxygen atoms in total. The number of thioether (sulfide) groups is 1. The van der Waals surface area contributed by atoms with Gasteiger partial charge in [-0.25, -0.2) is 9.78 Å². The van der Waals surface area contributed by atoms with Gasteiger partial charge in [-0.05, 0) is 25.5 Å². The Morgan fingerprint density at radius 1 is 1.48 bits per heavy atom. The Morgan fingerprint density at radius 3 is 2.86 bits per heavy atom. The van der Waals surface area contributed by atoms with E-state index in [1.54, 1.807) is 12.1 Å². The van der Waals surface area contributed by atoms with Crippen LogP contribution >= 0.6 is 23.4 Å². The quantitative estimate of drug-likeness (QED) is 0.823. The lowest BCUT2D eigenvalue weighted by atomic mass is 10.3. The van der Waals surface area contributed by atoms with Crippen LogP contribution in [-0.4, -0.2) is 25.8 Å². The lowest BCUT2D eigenvalue weighted by Crippen LogP contribution is -2.02. The topological polar surface area (TPSA) is 68.0 Å². The molecule has 0 spiro atoms. The molecule has 2 rings (SSSR count). The average molecular weight is 326 g/mol. The highest BCUT2D eigenvalue weighted by Crippen LogP contribution is 2.29. The molecule has 2 aromatic rings. The summed E-state index contributed by atoms with van der Waals surface area (Å²) < 4.78 is 1.90. The molecule has 0 aliphatic rings. The van der Waals surface area contributed by atoms with Crippen molar-refractivity contribution in [3.05, 3.63) is 40.4 Å². The van der Waals surface area contributed by atoms with Gasteiger partial charge in [0.1, 0.15) is 5.69 Å². The lowest BCUT2D eigenvalue weighted by molar-refractivity contribution is 0.0690. The summed E-state index contributed by atoms with van der Waals surface area (Å²) in [6.45, 7) is 4.80. The van der Waals surface area contributed by atoms with Crippen LogP contribution in [0.5, 0.6) is 0 Å². The molecule has 0 bridgehead atoms. The fraction of sp³-hybridized carbons (Fsp3) is 0.357. The van der Waals surface area contributed by atoms with Crippen LogP contribution in [0.15, 0.2) is 23.2 Å². The van der Waals surface area contributed by atoms with Gasteiger partial charge in [0.25, 0.3) is 0 Å². The minimum Gasteiger partial charge on any atom is -0.477 e. The summed E-state index contributed by atoms with van der Waals surface area (Å²) in [6, 6.07) is 3.35. The number of aromatic nitrogens is 3. The Balaban J connectivity index is 2.18. The molecule has 0 fully saturated rings. The number of carbonyl (C=O) groups is 1. The first kappa shape index (κ1) is 15.9. The van der Waals surface area contributed by atoms with Gasteiger partial charge in [-0.15, -0.1) is 11.8 Å². The first-order valence-electron chi connectivity index (χ1n) is 6.63. The van der Waals surface area contributed by atoms with Crippen molar-refractivity contribution in [1.82, 2.24) is 14.8 Å². The van der Waals surface area contributed by atoms with Crippen LogP contribution in [0.2, 0.25) is 5.02 Å². The van der Waals surface area contributed by atoms with Crippen molar-refractivity contribution in [1.29, 1.82) is 0 Å². The van der Waals surface area contributed by atoms with Crippen LogP contribution in [0.1, 0.15) is 35.7 Å². The molecule has 0 aliphatic carbocycles. The number of hydrogen-bond acceptors (Lipinski definition) is 4. The predicted molar refractivity (Wildman–Crippen MR) is 83.0 cm³/mol. The van der Waals surface area contributed by atoms with E-state index in [1.165, 1.54) is 18.0 Å². The Hall–Kier alpha value is -1.53. The Morgan fingerprint density at radius 2 is 2.24 bits per heavy atom. The number of carboxylic acid groups (broad SMARTS) is 1. The molecule has 0 amide bonds.